The molecule has 0 radical (unpaired) electrons. The molecule has 186 valence electrons. The van der Waals surface area contributed by atoms with Gasteiger partial charge in [0.25, 0.3) is 10.0 Å². The summed E-state index contributed by atoms with van der Waals surface area (Å²) in [7, 11) is 1.82. The lowest BCUT2D eigenvalue weighted by atomic mass is 10.1. The number of rotatable bonds is 9. The van der Waals surface area contributed by atoms with Crippen molar-refractivity contribution in [2.24, 2.45) is 0 Å². The third-order valence-electron chi connectivity index (χ3n) is 4.92. The summed E-state index contributed by atoms with van der Waals surface area (Å²) in [4.78, 5) is -0.122. The van der Waals surface area contributed by atoms with E-state index >= 15 is 0 Å². The summed E-state index contributed by atoms with van der Waals surface area (Å²) in [6.07, 6.45) is 3.47. The van der Waals surface area contributed by atoms with Gasteiger partial charge in [-0.1, -0.05) is 35.4 Å². The number of benzene rings is 3. The molecular formula is C24H23Cl2NO7S. The summed E-state index contributed by atoms with van der Waals surface area (Å²) >= 11 is 11.8. The van der Waals surface area contributed by atoms with Gasteiger partial charge in [-0.2, -0.15) is 0 Å². The van der Waals surface area contributed by atoms with Crippen LogP contribution in [-0.2, 0) is 10.0 Å². The lowest BCUT2D eigenvalue weighted by molar-refractivity contribution is 0.324. The molecule has 0 aliphatic heterocycles. The third-order valence-corrected chi connectivity index (χ3v) is 7.02. The Balaban J connectivity index is 2.00. The Kier molecular flexibility index (Phi) is 8.26. The number of sulfonamides is 1. The highest BCUT2D eigenvalue weighted by Crippen LogP contribution is 2.40. The van der Waals surface area contributed by atoms with Crippen molar-refractivity contribution in [3.8, 4) is 28.7 Å². The number of aromatic hydroxyl groups is 1. The number of nitrogens with one attached hydrogen (secondary N) is 1. The fraction of sp³-hybridized carbons (Fsp3) is 0.167. The zero-order valence-corrected chi connectivity index (χ0v) is 21.6. The Bertz CT molecular complexity index is 1350. The standard InChI is InChI=1S/C24H23Cl2NO7S/c1-31-20-10-14(5-6-15-11-21(32-2)24(34-4)22(12-15)33-3)9-19(23(20)28)27-35(29,30)16-7-8-17(25)18(26)13-16/h5-13,27-28H,1-4H3/b6-5-. The van der Waals surface area contributed by atoms with E-state index in [2.05, 4.69) is 4.72 Å². The summed E-state index contributed by atoms with van der Waals surface area (Å²) in [5.41, 5.74) is 1.18. The molecule has 0 bridgehead atoms. The van der Waals surface area contributed by atoms with Crippen LogP contribution >= 0.6 is 23.2 Å². The summed E-state index contributed by atoms with van der Waals surface area (Å²) in [6, 6.07) is 10.4. The maximum Gasteiger partial charge on any atom is 0.262 e. The molecule has 0 aliphatic rings. The van der Waals surface area contributed by atoms with Crippen molar-refractivity contribution in [3.05, 3.63) is 63.6 Å². The molecule has 35 heavy (non-hydrogen) atoms. The number of hydrogen-bond donors (Lipinski definition) is 2. The maximum atomic E-state index is 12.9. The summed E-state index contributed by atoms with van der Waals surface area (Å²) in [6.45, 7) is 0. The molecule has 2 N–H and O–H groups in total. The Morgan fingerprint density at radius 2 is 1.31 bits per heavy atom. The SMILES string of the molecule is COc1cc(/C=C\c2cc(OC)c(OC)c(OC)c2)cc(NS(=O)(=O)c2ccc(Cl)c(Cl)c2)c1O. The van der Waals surface area contributed by atoms with Crippen molar-refractivity contribution in [2.75, 3.05) is 33.2 Å². The van der Waals surface area contributed by atoms with Crippen molar-refractivity contribution in [2.45, 2.75) is 4.90 Å². The first kappa shape index (κ1) is 26.3. The molecule has 0 saturated carbocycles. The quantitative estimate of drug-likeness (QED) is 0.265. The van der Waals surface area contributed by atoms with E-state index in [-0.39, 0.29) is 32.1 Å². The largest absolute Gasteiger partial charge is 0.503 e. The first-order valence-electron chi connectivity index (χ1n) is 10.0. The van der Waals surface area contributed by atoms with Crippen molar-refractivity contribution >= 4 is 51.1 Å². The zero-order chi connectivity index (χ0) is 25.8. The fourth-order valence-electron chi connectivity index (χ4n) is 3.20. The fourth-order valence-corrected chi connectivity index (χ4v) is 4.64. The lowest BCUT2D eigenvalue weighted by Crippen LogP contribution is -2.13. The highest BCUT2D eigenvalue weighted by atomic mass is 35.5. The Morgan fingerprint density at radius 3 is 1.83 bits per heavy atom. The molecule has 11 heteroatoms. The van der Waals surface area contributed by atoms with Gasteiger partial charge in [0.2, 0.25) is 5.75 Å². The molecule has 0 saturated heterocycles. The predicted molar refractivity (Wildman–Crippen MR) is 137 cm³/mol. The average Bonchev–Trinajstić information content (AvgIpc) is 2.84. The van der Waals surface area contributed by atoms with E-state index in [0.717, 1.165) is 5.56 Å². The molecule has 0 aromatic heterocycles. The first-order valence-corrected chi connectivity index (χ1v) is 12.2. The van der Waals surface area contributed by atoms with Gasteiger partial charge < -0.3 is 24.1 Å². The molecule has 0 aliphatic carbocycles. The van der Waals surface area contributed by atoms with Gasteiger partial charge in [0.1, 0.15) is 0 Å². The smallest absolute Gasteiger partial charge is 0.262 e. The number of hydrogen-bond acceptors (Lipinski definition) is 7. The van der Waals surface area contributed by atoms with Gasteiger partial charge in [0.05, 0.1) is 49.1 Å². The van der Waals surface area contributed by atoms with Crippen LogP contribution in [0.4, 0.5) is 5.69 Å². The molecule has 8 nitrogen and oxygen atoms in total. The molecule has 0 fully saturated rings. The van der Waals surface area contributed by atoms with Crippen LogP contribution in [-0.4, -0.2) is 42.0 Å². The molecule has 0 unspecified atom stereocenters. The van der Waals surface area contributed by atoms with E-state index in [1.165, 1.54) is 52.7 Å². The number of anilines is 1. The third kappa shape index (κ3) is 5.87. The van der Waals surface area contributed by atoms with Gasteiger partial charge in [0, 0.05) is 0 Å². The van der Waals surface area contributed by atoms with E-state index in [9.17, 15) is 13.5 Å². The van der Waals surface area contributed by atoms with Crippen LogP contribution in [0.5, 0.6) is 28.7 Å². The van der Waals surface area contributed by atoms with Gasteiger partial charge in [-0.05, 0) is 53.6 Å². The first-order chi connectivity index (χ1) is 16.6. The average molecular weight is 540 g/mol. The van der Waals surface area contributed by atoms with E-state index in [0.29, 0.717) is 22.8 Å². The number of phenolic OH excluding ortho intramolecular Hbond substituents is 1. The highest BCUT2D eigenvalue weighted by molar-refractivity contribution is 7.92. The van der Waals surface area contributed by atoms with Gasteiger partial charge in [0.15, 0.2) is 23.0 Å². The van der Waals surface area contributed by atoms with Gasteiger partial charge in [-0.15, -0.1) is 0 Å². The van der Waals surface area contributed by atoms with Crippen LogP contribution in [0, 0.1) is 0 Å². The van der Waals surface area contributed by atoms with Crippen molar-refractivity contribution in [1.29, 1.82) is 0 Å². The van der Waals surface area contributed by atoms with Crippen LogP contribution in [0.15, 0.2) is 47.4 Å². The second-order valence-corrected chi connectivity index (χ2v) is 9.59. The van der Waals surface area contributed by atoms with Crippen LogP contribution in [0.2, 0.25) is 10.0 Å². The number of halogens is 2. The van der Waals surface area contributed by atoms with Crippen LogP contribution in [0.3, 0.4) is 0 Å². The maximum absolute atomic E-state index is 12.9. The minimum absolute atomic E-state index is 0.0730. The summed E-state index contributed by atoms with van der Waals surface area (Å²) in [5, 5.41) is 10.8. The molecule has 0 heterocycles. The number of phenols is 1. The lowest BCUT2D eigenvalue weighted by Gasteiger charge is -2.14. The van der Waals surface area contributed by atoms with Gasteiger partial charge >= 0.3 is 0 Å². The molecular weight excluding hydrogens is 517 g/mol. The van der Waals surface area contributed by atoms with Crippen LogP contribution in [0.1, 0.15) is 11.1 Å². The minimum Gasteiger partial charge on any atom is -0.503 e. The van der Waals surface area contributed by atoms with Crippen molar-refractivity contribution < 1.29 is 32.5 Å². The number of methoxy groups -OCH3 is 4. The zero-order valence-electron chi connectivity index (χ0n) is 19.3. The van der Waals surface area contributed by atoms with E-state index in [1.54, 1.807) is 30.4 Å². The minimum atomic E-state index is -4.09. The molecule has 0 spiro atoms. The highest BCUT2D eigenvalue weighted by Gasteiger charge is 2.20. The molecule has 3 aromatic rings. The van der Waals surface area contributed by atoms with Crippen molar-refractivity contribution in [1.82, 2.24) is 0 Å². The summed E-state index contributed by atoms with van der Waals surface area (Å²) < 4.78 is 49.4. The Hall–Kier alpha value is -3.27. The predicted octanol–water partition coefficient (Wildman–Crippen LogP) is 5.70. The topological polar surface area (TPSA) is 103 Å². The second-order valence-electron chi connectivity index (χ2n) is 7.09. The molecule has 0 amide bonds. The summed E-state index contributed by atoms with van der Waals surface area (Å²) in [5.74, 6) is 1.11. The second kappa shape index (κ2) is 11.0. The normalized spacial score (nSPS) is 11.4. The van der Waals surface area contributed by atoms with E-state index in [4.69, 9.17) is 42.1 Å². The molecule has 3 rings (SSSR count). The molecule has 0 atom stereocenters. The van der Waals surface area contributed by atoms with E-state index < -0.39 is 10.0 Å². The van der Waals surface area contributed by atoms with Gasteiger partial charge in [-0.3, -0.25) is 4.72 Å². The van der Waals surface area contributed by atoms with Crippen molar-refractivity contribution in [3.63, 3.8) is 0 Å². The van der Waals surface area contributed by atoms with Crippen LogP contribution in [0.25, 0.3) is 12.2 Å². The molecule has 3 aromatic carbocycles. The van der Waals surface area contributed by atoms with Crippen LogP contribution < -0.4 is 23.7 Å². The van der Waals surface area contributed by atoms with E-state index in [1.807, 2.05) is 0 Å². The van der Waals surface area contributed by atoms with Gasteiger partial charge in [-0.25, -0.2) is 8.42 Å². The number of ether oxygens (including phenoxy) is 4. The Morgan fingerprint density at radius 1 is 0.771 bits per heavy atom. The Labute approximate surface area is 213 Å². The monoisotopic (exact) mass is 539 g/mol.